The molecule has 1 aliphatic heterocycles. The molecule has 0 fully saturated rings. The van der Waals surface area contributed by atoms with Gasteiger partial charge in [0.1, 0.15) is 17.2 Å². The summed E-state index contributed by atoms with van der Waals surface area (Å²) in [5, 5.41) is 10.3. The minimum atomic E-state index is -0.722. The van der Waals surface area contributed by atoms with Crippen molar-refractivity contribution in [3.8, 4) is 5.75 Å². The molecule has 3 rings (SSSR count). The number of aliphatic hydroxyl groups is 1. The van der Waals surface area contributed by atoms with Gasteiger partial charge >= 0.3 is 0 Å². The van der Waals surface area contributed by atoms with Crippen LogP contribution in [-0.2, 0) is 5.60 Å². The van der Waals surface area contributed by atoms with Gasteiger partial charge in [-0.05, 0) is 37.6 Å². The predicted molar refractivity (Wildman–Crippen MR) is 75.1 cm³/mol. The fraction of sp³-hybridized carbons (Fsp3) is 0.294. The lowest BCUT2D eigenvalue weighted by atomic mass is 9.84. The Bertz CT molecular complexity index is 653. The maximum absolute atomic E-state index is 13.3. The van der Waals surface area contributed by atoms with E-state index in [0.717, 1.165) is 11.1 Å². The quantitative estimate of drug-likeness (QED) is 0.854. The highest BCUT2D eigenvalue weighted by Crippen LogP contribution is 2.44. The Labute approximate surface area is 117 Å². The summed E-state index contributed by atoms with van der Waals surface area (Å²) in [7, 11) is 0. The van der Waals surface area contributed by atoms with E-state index in [2.05, 4.69) is 6.07 Å². The first kappa shape index (κ1) is 13.1. The molecule has 0 spiro atoms. The zero-order chi connectivity index (χ0) is 14.3. The maximum atomic E-state index is 13.3. The molecule has 1 N–H and O–H groups in total. The molecule has 104 valence electrons. The summed E-state index contributed by atoms with van der Waals surface area (Å²) in [5.41, 5.74) is 2.09. The third kappa shape index (κ3) is 2.18. The summed E-state index contributed by atoms with van der Waals surface area (Å²) >= 11 is 0. The molecule has 20 heavy (non-hydrogen) atoms. The van der Waals surface area contributed by atoms with Gasteiger partial charge in [0.25, 0.3) is 0 Å². The molecule has 2 aromatic carbocycles. The van der Waals surface area contributed by atoms with E-state index in [1.54, 1.807) is 6.07 Å². The zero-order valence-corrected chi connectivity index (χ0v) is 11.6. The van der Waals surface area contributed by atoms with E-state index in [4.69, 9.17) is 4.74 Å². The molecular formula is C17H17FO2. The van der Waals surface area contributed by atoms with Gasteiger partial charge in [0.05, 0.1) is 6.10 Å². The summed E-state index contributed by atoms with van der Waals surface area (Å²) < 4.78 is 19.3. The van der Waals surface area contributed by atoms with Gasteiger partial charge in [-0.25, -0.2) is 4.39 Å². The summed E-state index contributed by atoms with van der Waals surface area (Å²) in [6.07, 6.45) is -0.313. The fourth-order valence-corrected chi connectivity index (χ4v) is 2.79. The molecule has 1 heterocycles. The first-order valence-corrected chi connectivity index (χ1v) is 6.72. The molecule has 0 aromatic heterocycles. The second-order valence-electron chi connectivity index (χ2n) is 5.60. The average molecular weight is 272 g/mol. The third-order valence-electron chi connectivity index (χ3n) is 3.88. The highest BCUT2D eigenvalue weighted by atomic mass is 19.1. The van der Waals surface area contributed by atoms with Crippen LogP contribution in [-0.4, -0.2) is 5.11 Å². The summed E-state index contributed by atoms with van der Waals surface area (Å²) in [6, 6.07) is 12.3. The second kappa shape index (κ2) is 4.60. The molecule has 1 aliphatic rings. The Morgan fingerprint density at radius 1 is 1.25 bits per heavy atom. The number of fused-ring (bicyclic) bond motifs is 1. The Kier molecular flexibility index (Phi) is 3.02. The van der Waals surface area contributed by atoms with Crippen LogP contribution in [0.25, 0.3) is 0 Å². The van der Waals surface area contributed by atoms with E-state index in [1.807, 2.05) is 32.0 Å². The standard InChI is InChI=1S/C17H17FO2/c1-11-4-3-5-12(8-11)17(2)10-15(19)14-9-13(18)6-7-16(14)20-17/h3-9,15,19H,10H2,1-2H3/t15-,17?/m1/s1. The van der Waals surface area contributed by atoms with E-state index < -0.39 is 11.7 Å². The van der Waals surface area contributed by atoms with E-state index >= 15 is 0 Å². The number of hydrogen-bond acceptors (Lipinski definition) is 2. The van der Waals surface area contributed by atoms with E-state index in [0.29, 0.717) is 17.7 Å². The zero-order valence-electron chi connectivity index (χ0n) is 11.6. The lowest BCUT2D eigenvalue weighted by Crippen LogP contribution is -2.35. The first-order chi connectivity index (χ1) is 9.48. The number of benzene rings is 2. The molecule has 0 aliphatic carbocycles. The van der Waals surface area contributed by atoms with Crippen molar-refractivity contribution in [3.63, 3.8) is 0 Å². The van der Waals surface area contributed by atoms with Crippen molar-refractivity contribution in [3.05, 3.63) is 65.0 Å². The fourth-order valence-electron chi connectivity index (χ4n) is 2.79. The van der Waals surface area contributed by atoms with E-state index in [9.17, 15) is 9.50 Å². The number of rotatable bonds is 1. The Balaban J connectivity index is 2.04. The van der Waals surface area contributed by atoms with Crippen molar-refractivity contribution in [2.45, 2.75) is 32.0 Å². The van der Waals surface area contributed by atoms with Gasteiger partial charge in [0.15, 0.2) is 0 Å². The molecule has 1 unspecified atom stereocenters. The summed E-state index contributed by atoms with van der Waals surface area (Å²) in [4.78, 5) is 0. The molecule has 2 atom stereocenters. The minimum absolute atomic E-state index is 0.356. The monoisotopic (exact) mass is 272 g/mol. The molecule has 0 bridgehead atoms. The van der Waals surface area contributed by atoms with Crippen LogP contribution in [0.5, 0.6) is 5.75 Å². The van der Waals surface area contributed by atoms with Crippen LogP contribution in [0.1, 0.15) is 36.1 Å². The topological polar surface area (TPSA) is 29.5 Å². The van der Waals surface area contributed by atoms with Crippen molar-refractivity contribution in [2.24, 2.45) is 0 Å². The van der Waals surface area contributed by atoms with Crippen LogP contribution in [0, 0.1) is 12.7 Å². The predicted octanol–water partition coefficient (Wildman–Crippen LogP) is 3.87. The van der Waals surface area contributed by atoms with Crippen LogP contribution >= 0.6 is 0 Å². The van der Waals surface area contributed by atoms with Crippen LogP contribution in [0.15, 0.2) is 42.5 Å². The summed E-state index contributed by atoms with van der Waals surface area (Å²) in [5.74, 6) is 0.194. The van der Waals surface area contributed by atoms with Crippen LogP contribution in [0.2, 0.25) is 0 Å². The highest BCUT2D eigenvalue weighted by Gasteiger charge is 2.38. The van der Waals surface area contributed by atoms with E-state index in [1.165, 1.54) is 12.1 Å². The molecule has 0 amide bonds. The average Bonchev–Trinajstić information content (AvgIpc) is 2.40. The van der Waals surface area contributed by atoms with Gasteiger partial charge in [0.2, 0.25) is 0 Å². The lowest BCUT2D eigenvalue weighted by Gasteiger charge is -2.38. The Morgan fingerprint density at radius 3 is 2.80 bits per heavy atom. The number of aliphatic hydroxyl groups excluding tert-OH is 1. The maximum Gasteiger partial charge on any atom is 0.134 e. The molecule has 3 heteroatoms. The molecule has 2 aromatic rings. The van der Waals surface area contributed by atoms with Gasteiger partial charge < -0.3 is 9.84 Å². The van der Waals surface area contributed by atoms with Crippen molar-refractivity contribution >= 4 is 0 Å². The first-order valence-electron chi connectivity index (χ1n) is 6.72. The normalized spacial score (nSPS) is 24.9. The molecule has 0 saturated carbocycles. The number of aryl methyl sites for hydroxylation is 1. The van der Waals surface area contributed by atoms with Crippen molar-refractivity contribution in [1.82, 2.24) is 0 Å². The van der Waals surface area contributed by atoms with Crippen molar-refractivity contribution in [2.75, 3.05) is 0 Å². The molecular weight excluding hydrogens is 255 g/mol. The molecule has 2 nitrogen and oxygen atoms in total. The summed E-state index contributed by atoms with van der Waals surface area (Å²) in [6.45, 7) is 3.98. The Morgan fingerprint density at radius 2 is 2.05 bits per heavy atom. The number of halogens is 1. The van der Waals surface area contributed by atoms with E-state index in [-0.39, 0.29) is 5.82 Å². The minimum Gasteiger partial charge on any atom is -0.482 e. The SMILES string of the molecule is Cc1cccc(C2(C)C[C@@H](O)c3cc(F)ccc3O2)c1. The van der Waals surface area contributed by atoms with Crippen molar-refractivity contribution < 1.29 is 14.2 Å². The number of ether oxygens (including phenoxy) is 1. The van der Waals surface area contributed by atoms with Crippen LogP contribution in [0.3, 0.4) is 0 Å². The third-order valence-corrected chi connectivity index (χ3v) is 3.88. The van der Waals surface area contributed by atoms with Gasteiger partial charge in [-0.1, -0.05) is 29.8 Å². The van der Waals surface area contributed by atoms with Gasteiger partial charge in [0, 0.05) is 12.0 Å². The molecule has 0 saturated heterocycles. The van der Waals surface area contributed by atoms with Gasteiger partial charge in [-0.3, -0.25) is 0 Å². The van der Waals surface area contributed by atoms with Crippen molar-refractivity contribution in [1.29, 1.82) is 0 Å². The lowest BCUT2D eigenvalue weighted by molar-refractivity contribution is -0.00515. The molecule has 0 radical (unpaired) electrons. The smallest absolute Gasteiger partial charge is 0.134 e. The number of hydrogen-bond donors (Lipinski definition) is 1. The van der Waals surface area contributed by atoms with Crippen LogP contribution in [0.4, 0.5) is 4.39 Å². The van der Waals surface area contributed by atoms with Gasteiger partial charge in [-0.15, -0.1) is 0 Å². The largest absolute Gasteiger partial charge is 0.482 e. The second-order valence-corrected chi connectivity index (χ2v) is 5.60. The van der Waals surface area contributed by atoms with Gasteiger partial charge in [-0.2, -0.15) is 0 Å². The Hall–Kier alpha value is -1.87. The van der Waals surface area contributed by atoms with Crippen LogP contribution < -0.4 is 4.74 Å². The highest BCUT2D eigenvalue weighted by molar-refractivity contribution is 5.40.